The molecule has 1 aliphatic heterocycles. The highest BCUT2D eigenvalue weighted by atomic mass is 16.5. The molecule has 0 bridgehead atoms. The van der Waals surface area contributed by atoms with E-state index in [1.54, 1.807) is 6.33 Å². The standard InChI is InChI=1S/C17H20N6O/c1-2-12-9-19-16-15(12)17(21-11-20-16)22-13-3-4-14(18-10-13)23-5-7-24-8-6-23/h3-4,9-11H,2,5-8H2,1H3,(H2,19,20,21,22). The van der Waals surface area contributed by atoms with Gasteiger partial charge < -0.3 is 19.9 Å². The van der Waals surface area contributed by atoms with Crippen LogP contribution in [0.15, 0.2) is 30.9 Å². The quantitative estimate of drug-likeness (QED) is 0.768. The molecule has 0 aromatic carbocycles. The largest absolute Gasteiger partial charge is 0.378 e. The molecule has 0 radical (unpaired) electrons. The van der Waals surface area contributed by atoms with Gasteiger partial charge in [-0.1, -0.05) is 6.92 Å². The van der Waals surface area contributed by atoms with E-state index in [1.165, 1.54) is 5.56 Å². The predicted octanol–water partition coefficient (Wildman–Crippen LogP) is 2.50. The molecule has 7 nitrogen and oxygen atoms in total. The molecular formula is C17H20N6O. The van der Waals surface area contributed by atoms with Crippen LogP contribution < -0.4 is 10.2 Å². The Kier molecular flexibility index (Phi) is 4.00. The van der Waals surface area contributed by atoms with Gasteiger partial charge in [-0.3, -0.25) is 0 Å². The number of aryl methyl sites for hydroxylation is 1. The molecule has 0 aliphatic carbocycles. The van der Waals surface area contributed by atoms with E-state index in [0.717, 1.165) is 61.1 Å². The Labute approximate surface area is 140 Å². The van der Waals surface area contributed by atoms with Gasteiger partial charge in [0.2, 0.25) is 0 Å². The third kappa shape index (κ3) is 2.78. The molecule has 1 fully saturated rings. The van der Waals surface area contributed by atoms with Gasteiger partial charge in [-0.25, -0.2) is 15.0 Å². The van der Waals surface area contributed by atoms with Crippen LogP contribution in [0, 0.1) is 0 Å². The van der Waals surface area contributed by atoms with Gasteiger partial charge in [0.1, 0.15) is 23.6 Å². The van der Waals surface area contributed by atoms with Crippen molar-refractivity contribution in [3.05, 3.63) is 36.4 Å². The molecule has 24 heavy (non-hydrogen) atoms. The van der Waals surface area contributed by atoms with Crippen molar-refractivity contribution in [3.8, 4) is 0 Å². The molecule has 3 aromatic heterocycles. The number of hydrogen-bond donors (Lipinski definition) is 2. The fourth-order valence-electron chi connectivity index (χ4n) is 2.98. The van der Waals surface area contributed by atoms with Crippen molar-refractivity contribution in [2.75, 3.05) is 36.5 Å². The second-order valence-electron chi connectivity index (χ2n) is 5.74. The third-order valence-corrected chi connectivity index (χ3v) is 4.28. The number of aromatic amines is 1. The molecule has 0 unspecified atom stereocenters. The summed E-state index contributed by atoms with van der Waals surface area (Å²) in [5, 5.41) is 4.40. The SMILES string of the molecule is CCc1c[nH]c2ncnc(Nc3ccc(N4CCOCC4)nc3)c12. The molecule has 1 saturated heterocycles. The summed E-state index contributed by atoms with van der Waals surface area (Å²) < 4.78 is 5.38. The van der Waals surface area contributed by atoms with E-state index in [9.17, 15) is 0 Å². The van der Waals surface area contributed by atoms with Crippen molar-refractivity contribution in [2.45, 2.75) is 13.3 Å². The number of aromatic nitrogens is 4. The number of nitrogens with zero attached hydrogens (tertiary/aromatic N) is 4. The molecular weight excluding hydrogens is 304 g/mol. The van der Waals surface area contributed by atoms with Crippen LogP contribution in [0.5, 0.6) is 0 Å². The van der Waals surface area contributed by atoms with Gasteiger partial charge in [-0.15, -0.1) is 0 Å². The van der Waals surface area contributed by atoms with Crippen LogP contribution in [0.2, 0.25) is 0 Å². The average Bonchev–Trinajstić information content (AvgIpc) is 3.07. The molecule has 0 atom stereocenters. The van der Waals surface area contributed by atoms with E-state index in [-0.39, 0.29) is 0 Å². The van der Waals surface area contributed by atoms with Gasteiger partial charge in [-0.2, -0.15) is 0 Å². The lowest BCUT2D eigenvalue weighted by atomic mass is 10.2. The van der Waals surface area contributed by atoms with Crippen molar-refractivity contribution in [3.63, 3.8) is 0 Å². The molecule has 4 rings (SSSR count). The molecule has 124 valence electrons. The maximum absolute atomic E-state index is 5.38. The van der Waals surface area contributed by atoms with E-state index >= 15 is 0 Å². The molecule has 4 heterocycles. The Hall–Kier alpha value is -2.67. The number of H-pyrrole nitrogens is 1. The van der Waals surface area contributed by atoms with Crippen LogP contribution in [-0.4, -0.2) is 46.2 Å². The fourth-order valence-corrected chi connectivity index (χ4v) is 2.98. The number of morpholine rings is 1. The summed E-state index contributed by atoms with van der Waals surface area (Å²) in [6, 6.07) is 4.06. The second-order valence-corrected chi connectivity index (χ2v) is 5.74. The van der Waals surface area contributed by atoms with Gasteiger partial charge in [0.05, 0.1) is 30.5 Å². The van der Waals surface area contributed by atoms with E-state index in [1.807, 2.05) is 24.5 Å². The molecule has 7 heteroatoms. The summed E-state index contributed by atoms with van der Waals surface area (Å²) in [6.07, 6.45) is 6.33. The minimum absolute atomic E-state index is 0.758. The fraction of sp³-hybridized carbons (Fsp3) is 0.353. The predicted molar refractivity (Wildman–Crippen MR) is 93.8 cm³/mol. The number of rotatable bonds is 4. The number of pyridine rings is 1. The molecule has 3 aromatic rings. The van der Waals surface area contributed by atoms with Crippen LogP contribution >= 0.6 is 0 Å². The molecule has 0 saturated carbocycles. The first-order valence-electron chi connectivity index (χ1n) is 8.22. The number of nitrogens with one attached hydrogen (secondary N) is 2. The van der Waals surface area contributed by atoms with Crippen molar-refractivity contribution < 1.29 is 4.74 Å². The summed E-state index contributed by atoms with van der Waals surface area (Å²) in [6.45, 7) is 5.41. The van der Waals surface area contributed by atoms with Crippen LogP contribution in [0.25, 0.3) is 11.0 Å². The topological polar surface area (TPSA) is 79.0 Å². The van der Waals surface area contributed by atoms with E-state index in [2.05, 4.69) is 37.1 Å². The summed E-state index contributed by atoms with van der Waals surface area (Å²) in [7, 11) is 0. The Morgan fingerprint density at radius 2 is 2.08 bits per heavy atom. The first-order chi connectivity index (χ1) is 11.8. The number of ether oxygens (including phenoxy) is 1. The lowest BCUT2D eigenvalue weighted by Gasteiger charge is -2.27. The van der Waals surface area contributed by atoms with Crippen LogP contribution in [0.3, 0.4) is 0 Å². The summed E-state index contributed by atoms with van der Waals surface area (Å²) in [5.41, 5.74) is 2.96. The summed E-state index contributed by atoms with van der Waals surface area (Å²) in [5.74, 6) is 1.78. The van der Waals surface area contributed by atoms with Crippen molar-refractivity contribution >= 4 is 28.4 Å². The maximum atomic E-state index is 5.38. The molecule has 2 N–H and O–H groups in total. The van der Waals surface area contributed by atoms with Crippen LogP contribution in [0.4, 0.5) is 17.3 Å². The number of hydrogen-bond acceptors (Lipinski definition) is 6. The number of anilines is 3. The maximum Gasteiger partial charge on any atom is 0.143 e. The zero-order valence-electron chi connectivity index (χ0n) is 13.6. The Balaban J connectivity index is 1.58. The first-order valence-corrected chi connectivity index (χ1v) is 8.22. The molecule has 0 spiro atoms. The Morgan fingerprint density at radius 1 is 1.21 bits per heavy atom. The minimum Gasteiger partial charge on any atom is -0.378 e. The van der Waals surface area contributed by atoms with Crippen molar-refractivity contribution in [1.82, 2.24) is 19.9 Å². The van der Waals surface area contributed by atoms with Crippen LogP contribution in [-0.2, 0) is 11.2 Å². The van der Waals surface area contributed by atoms with Gasteiger partial charge >= 0.3 is 0 Å². The highest BCUT2D eigenvalue weighted by molar-refractivity contribution is 5.91. The van der Waals surface area contributed by atoms with E-state index < -0.39 is 0 Å². The second kappa shape index (κ2) is 6.45. The third-order valence-electron chi connectivity index (χ3n) is 4.28. The molecule has 0 amide bonds. The highest BCUT2D eigenvalue weighted by Gasteiger charge is 2.13. The highest BCUT2D eigenvalue weighted by Crippen LogP contribution is 2.26. The summed E-state index contributed by atoms with van der Waals surface area (Å²) >= 11 is 0. The average molecular weight is 324 g/mol. The lowest BCUT2D eigenvalue weighted by Crippen LogP contribution is -2.36. The van der Waals surface area contributed by atoms with E-state index in [4.69, 9.17) is 4.74 Å². The van der Waals surface area contributed by atoms with Crippen molar-refractivity contribution in [1.29, 1.82) is 0 Å². The van der Waals surface area contributed by atoms with Gasteiger partial charge in [0, 0.05) is 19.3 Å². The summed E-state index contributed by atoms with van der Waals surface area (Å²) in [4.78, 5) is 18.7. The van der Waals surface area contributed by atoms with E-state index in [0.29, 0.717) is 0 Å². The number of fused-ring (bicyclic) bond motifs is 1. The normalized spacial score (nSPS) is 15.0. The monoisotopic (exact) mass is 324 g/mol. The van der Waals surface area contributed by atoms with Gasteiger partial charge in [0.15, 0.2) is 0 Å². The zero-order valence-corrected chi connectivity index (χ0v) is 13.6. The lowest BCUT2D eigenvalue weighted by molar-refractivity contribution is 0.122. The Morgan fingerprint density at radius 3 is 2.83 bits per heavy atom. The van der Waals surface area contributed by atoms with Gasteiger partial charge in [-0.05, 0) is 24.1 Å². The van der Waals surface area contributed by atoms with Crippen LogP contribution in [0.1, 0.15) is 12.5 Å². The zero-order chi connectivity index (χ0) is 16.4. The smallest absolute Gasteiger partial charge is 0.143 e. The Bertz CT molecular complexity index is 823. The first kappa shape index (κ1) is 14.9. The molecule has 1 aliphatic rings. The van der Waals surface area contributed by atoms with Crippen molar-refractivity contribution in [2.24, 2.45) is 0 Å². The minimum atomic E-state index is 0.758. The van der Waals surface area contributed by atoms with Gasteiger partial charge in [0.25, 0.3) is 0 Å².